The molecule has 29 heavy (non-hydrogen) atoms. The van der Waals surface area contributed by atoms with E-state index in [-0.39, 0.29) is 18.0 Å². The number of halogens is 1. The second-order valence-electron chi connectivity index (χ2n) is 8.02. The molecule has 0 bridgehead atoms. The maximum atomic E-state index is 11.9. The number of para-hydroxylation sites is 1. The highest BCUT2D eigenvalue weighted by molar-refractivity contribution is 9.10. The number of fused-ring (bicyclic) bond motifs is 2. The van der Waals surface area contributed by atoms with Gasteiger partial charge in [0.05, 0.1) is 12.0 Å². The van der Waals surface area contributed by atoms with E-state index in [1.807, 2.05) is 24.3 Å². The van der Waals surface area contributed by atoms with Gasteiger partial charge in [-0.25, -0.2) is 4.79 Å². The number of carbonyl (C=O) groups excluding carboxylic acids is 1. The van der Waals surface area contributed by atoms with E-state index in [1.54, 1.807) is 6.92 Å². The van der Waals surface area contributed by atoms with E-state index in [9.17, 15) is 4.79 Å². The Morgan fingerprint density at radius 2 is 2.00 bits per heavy atom. The molecule has 0 N–H and O–H groups in total. The van der Waals surface area contributed by atoms with Crippen LogP contribution >= 0.6 is 15.9 Å². The first-order valence-corrected chi connectivity index (χ1v) is 10.4. The van der Waals surface area contributed by atoms with Crippen LogP contribution in [0.25, 0.3) is 6.08 Å². The minimum Gasteiger partial charge on any atom is -0.463 e. The standard InChI is InChI=1S/C24H24BrNO3/c1-16(2)22(27)28-14-13-26-20-8-6-5-7-19(20)23(3,4)24(26)12-11-17-15-18(25)9-10-21(17)29-24/h5-12,15H,1,13-14H2,2-4H3/t24-/m0/s1. The fourth-order valence-electron chi connectivity index (χ4n) is 4.21. The van der Waals surface area contributed by atoms with Crippen molar-refractivity contribution in [2.75, 3.05) is 18.1 Å². The Hall–Kier alpha value is -2.53. The number of hydrogen-bond acceptors (Lipinski definition) is 4. The van der Waals surface area contributed by atoms with Crippen LogP contribution in [0, 0.1) is 0 Å². The zero-order valence-electron chi connectivity index (χ0n) is 16.9. The van der Waals surface area contributed by atoms with Crippen LogP contribution < -0.4 is 9.64 Å². The highest BCUT2D eigenvalue weighted by atomic mass is 79.9. The first-order valence-electron chi connectivity index (χ1n) is 9.64. The summed E-state index contributed by atoms with van der Waals surface area (Å²) in [5.41, 5.74) is 2.70. The molecule has 5 heteroatoms. The summed E-state index contributed by atoms with van der Waals surface area (Å²) in [6, 6.07) is 14.3. The van der Waals surface area contributed by atoms with Crippen molar-refractivity contribution in [2.45, 2.75) is 31.9 Å². The number of hydrogen-bond donors (Lipinski definition) is 0. The van der Waals surface area contributed by atoms with Crippen molar-refractivity contribution in [3.63, 3.8) is 0 Å². The van der Waals surface area contributed by atoms with Gasteiger partial charge in [-0.15, -0.1) is 0 Å². The molecule has 2 aliphatic rings. The molecule has 1 spiro atoms. The molecular formula is C24H24BrNO3. The number of carbonyl (C=O) groups is 1. The van der Waals surface area contributed by atoms with Crippen molar-refractivity contribution in [1.29, 1.82) is 0 Å². The molecule has 4 rings (SSSR count). The third-order valence-electron chi connectivity index (χ3n) is 5.79. The number of rotatable bonds is 4. The van der Waals surface area contributed by atoms with Gasteiger partial charge < -0.3 is 14.4 Å². The Morgan fingerprint density at radius 3 is 2.76 bits per heavy atom. The van der Waals surface area contributed by atoms with Crippen LogP contribution in [0.1, 0.15) is 31.9 Å². The molecule has 0 unspecified atom stereocenters. The molecule has 0 fully saturated rings. The summed E-state index contributed by atoms with van der Waals surface area (Å²) in [7, 11) is 0. The van der Waals surface area contributed by atoms with Crippen LogP contribution in [-0.4, -0.2) is 24.8 Å². The summed E-state index contributed by atoms with van der Waals surface area (Å²) in [6.07, 6.45) is 4.24. The first kappa shape index (κ1) is 19.8. The molecule has 2 aliphatic heterocycles. The third kappa shape index (κ3) is 3.08. The van der Waals surface area contributed by atoms with Crippen LogP contribution in [-0.2, 0) is 14.9 Å². The molecule has 2 aromatic carbocycles. The van der Waals surface area contributed by atoms with Gasteiger partial charge in [0.15, 0.2) is 0 Å². The van der Waals surface area contributed by atoms with Crippen molar-refractivity contribution in [2.24, 2.45) is 0 Å². The van der Waals surface area contributed by atoms with E-state index in [2.05, 4.69) is 71.6 Å². The minimum absolute atomic E-state index is 0.252. The van der Waals surface area contributed by atoms with Crippen LogP contribution in [0.3, 0.4) is 0 Å². The fraction of sp³-hybridized carbons (Fsp3) is 0.292. The molecule has 1 atom stereocenters. The SMILES string of the molecule is C=C(C)C(=O)OCCN1c2ccccc2C(C)(C)[C@@]12C=Cc1cc(Br)ccc1O2. The van der Waals surface area contributed by atoms with E-state index < -0.39 is 5.72 Å². The van der Waals surface area contributed by atoms with Crippen molar-refractivity contribution < 1.29 is 14.3 Å². The van der Waals surface area contributed by atoms with E-state index in [4.69, 9.17) is 9.47 Å². The molecule has 0 amide bonds. The Bertz CT molecular complexity index is 1030. The van der Waals surface area contributed by atoms with Crippen LogP contribution in [0.2, 0.25) is 0 Å². The predicted molar refractivity (Wildman–Crippen MR) is 119 cm³/mol. The fourth-order valence-corrected chi connectivity index (χ4v) is 4.59. The van der Waals surface area contributed by atoms with E-state index in [0.717, 1.165) is 21.5 Å². The monoisotopic (exact) mass is 453 g/mol. The van der Waals surface area contributed by atoms with Crippen LogP contribution in [0.4, 0.5) is 5.69 Å². The summed E-state index contributed by atoms with van der Waals surface area (Å²) in [6.45, 7) is 10.5. The number of anilines is 1. The first-order chi connectivity index (χ1) is 13.8. The predicted octanol–water partition coefficient (Wildman–Crippen LogP) is 5.47. The highest BCUT2D eigenvalue weighted by Gasteiger charge is 2.58. The average Bonchev–Trinajstić information content (AvgIpc) is 2.87. The minimum atomic E-state index is -0.715. The molecule has 2 heterocycles. The van der Waals surface area contributed by atoms with E-state index in [0.29, 0.717) is 12.1 Å². The van der Waals surface area contributed by atoms with Gasteiger partial charge in [0.25, 0.3) is 0 Å². The quantitative estimate of drug-likeness (QED) is 0.454. The molecule has 0 saturated heterocycles. The summed E-state index contributed by atoms with van der Waals surface area (Å²) in [5.74, 6) is 0.460. The Kier molecular flexibility index (Phi) is 4.82. The zero-order chi connectivity index (χ0) is 20.8. The van der Waals surface area contributed by atoms with E-state index >= 15 is 0 Å². The summed E-state index contributed by atoms with van der Waals surface area (Å²) in [4.78, 5) is 14.1. The van der Waals surface area contributed by atoms with Crippen molar-refractivity contribution >= 4 is 33.7 Å². The normalized spacial score (nSPS) is 20.8. The number of esters is 1. The summed E-state index contributed by atoms with van der Waals surface area (Å²) >= 11 is 3.53. The number of ether oxygens (including phenoxy) is 2. The van der Waals surface area contributed by atoms with Crippen LogP contribution in [0.15, 0.2) is 65.2 Å². The van der Waals surface area contributed by atoms with Crippen molar-refractivity contribution in [3.8, 4) is 5.75 Å². The van der Waals surface area contributed by atoms with Gasteiger partial charge in [0.1, 0.15) is 12.4 Å². The molecular weight excluding hydrogens is 430 g/mol. The van der Waals surface area contributed by atoms with Gasteiger partial charge in [0, 0.05) is 21.3 Å². The van der Waals surface area contributed by atoms with Gasteiger partial charge >= 0.3 is 5.97 Å². The zero-order valence-corrected chi connectivity index (χ0v) is 18.5. The van der Waals surface area contributed by atoms with Gasteiger partial charge in [-0.05, 0) is 62.8 Å². The second-order valence-corrected chi connectivity index (χ2v) is 8.94. The molecule has 0 saturated carbocycles. The van der Waals surface area contributed by atoms with Gasteiger partial charge in [-0.3, -0.25) is 0 Å². The van der Waals surface area contributed by atoms with Crippen LogP contribution in [0.5, 0.6) is 5.75 Å². The molecule has 150 valence electrons. The molecule has 0 aromatic heterocycles. The number of nitrogens with zero attached hydrogens (tertiary/aromatic N) is 1. The van der Waals surface area contributed by atoms with Gasteiger partial charge in [-0.1, -0.05) is 40.7 Å². The largest absolute Gasteiger partial charge is 0.463 e. The smallest absolute Gasteiger partial charge is 0.333 e. The molecule has 0 aliphatic carbocycles. The second kappa shape index (κ2) is 7.06. The van der Waals surface area contributed by atoms with E-state index in [1.165, 1.54) is 5.56 Å². The Labute approximate surface area is 179 Å². The van der Waals surface area contributed by atoms with Crippen molar-refractivity contribution in [3.05, 3.63) is 76.3 Å². The topological polar surface area (TPSA) is 38.8 Å². The molecule has 4 nitrogen and oxygen atoms in total. The molecule has 0 radical (unpaired) electrons. The Morgan fingerprint density at radius 1 is 1.24 bits per heavy atom. The Balaban J connectivity index is 1.74. The lowest BCUT2D eigenvalue weighted by molar-refractivity contribution is -0.138. The molecule has 2 aromatic rings. The lowest BCUT2D eigenvalue weighted by Gasteiger charge is -2.47. The maximum Gasteiger partial charge on any atom is 0.333 e. The van der Waals surface area contributed by atoms with Crippen molar-refractivity contribution in [1.82, 2.24) is 0 Å². The van der Waals surface area contributed by atoms with Gasteiger partial charge in [0.2, 0.25) is 5.72 Å². The summed E-state index contributed by atoms with van der Waals surface area (Å²) < 4.78 is 13.1. The number of benzene rings is 2. The lowest BCUT2D eigenvalue weighted by Crippen LogP contribution is -2.60. The van der Waals surface area contributed by atoms with Gasteiger partial charge in [-0.2, -0.15) is 0 Å². The highest BCUT2D eigenvalue weighted by Crippen LogP contribution is 2.54. The lowest BCUT2D eigenvalue weighted by atomic mass is 9.76. The maximum absolute atomic E-state index is 11.9. The average molecular weight is 454 g/mol. The summed E-state index contributed by atoms with van der Waals surface area (Å²) in [5, 5.41) is 0. The third-order valence-corrected chi connectivity index (χ3v) is 6.28.